The molecule has 0 spiro atoms. The Balaban J connectivity index is 0.00000154. The van der Waals surface area contributed by atoms with E-state index in [2.05, 4.69) is 26.8 Å². The molecule has 0 aliphatic carbocycles. The quantitative estimate of drug-likeness (QED) is 0.641. The first kappa shape index (κ1) is 17.9. The van der Waals surface area contributed by atoms with Crippen LogP contribution in [0.5, 0.6) is 0 Å². The zero-order valence-electron chi connectivity index (χ0n) is 12.8. The van der Waals surface area contributed by atoms with Gasteiger partial charge in [-0.05, 0) is 50.8 Å². The number of aryl methyl sites for hydroxylation is 2. The molecule has 0 atom stereocenters. The van der Waals surface area contributed by atoms with Crippen LogP contribution < -0.4 is 0 Å². The molecule has 1 rings (SSSR count). The van der Waals surface area contributed by atoms with Crippen LogP contribution in [-0.4, -0.2) is 5.71 Å². The summed E-state index contributed by atoms with van der Waals surface area (Å²) in [4.78, 5) is 0. The van der Waals surface area contributed by atoms with Gasteiger partial charge in [0.1, 0.15) is 0 Å². The van der Waals surface area contributed by atoms with E-state index in [1.807, 2.05) is 32.1 Å². The van der Waals surface area contributed by atoms with Crippen molar-refractivity contribution in [2.75, 3.05) is 0 Å². The van der Waals surface area contributed by atoms with Gasteiger partial charge in [-0.25, -0.2) is 0 Å². The fourth-order valence-corrected chi connectivity index (χ4v) is 1.85. The molecule has 19 heavy (non-hydrogen) atoms. The van der Waals surface area contributed by atoms with E-state index in [4.69, 9.17) is 17.0 Å². The van der Waals surface area contributed by atoms with E-state index >= 15 is 0 Å². The highest BCUT2D eigenvalue weighted by molar-refractivity contribution is 6.31. The van der Waals surface area contributed by atoms with E-state index in [9.17, 15) is 0 Å². The average Bonchev–Trinajstić information content (AvgIpc) is 2.42. The van der Waals surface area contributed by atoms with Crippen LogP contribution in [0.4, 0.5) is 0 Å². The zero-order chi connectivity index (χ0) is 14.8. The van der Waals surface area contributed by atoms with Crippen molar-refractivity contribution in [3.05, 3.63) is 46.0 Å². The Bertz CT molecular complexity index is 433. The highest BCUT2D eigenvalue weighted by atomic mass is 35.5. The lowest BCUT2D eigenvalue weighted by atomic mass is 10.0. The van der Waals surface area contributed by atoms with Crippen LogP contribution in [0.15, 0.2) is 29.8 Å². The van der Waals surface area contributed by atoms with Gasteiger partial charge in [0, 0.05) is 10.7 Å². The highest BCUT2D eigenvalue weighted by Crippen LogP contribution is 2.19. The number of halogens is 1. The van der Waals surface area contributed by atoms with Crippen LogP contribution in [-0.2, 0) is 6.42 Å². The summed E-state index contributed by atoms with van der Waals surface area (Å²) >= 11 is 6.13. The van der Waals surface area contributed by atoms with Crippen LogP contribution in [0.3, 0.4) is 0 Å². The lowest BCUT2D eigenvalue weighted by molar-refractivity contribution is 1.02. The number of nitrogens with one attached hydrogen (secondary N) is 1. The van der Waals surface area contributed by atoms with Crippen molar-refractivity contribution in [1.82, 2.24) is 0 Å². The minimum absolute atomic E-state index is 0.682. The summed E-state index contributed by atoms with van der Waals surface area (Å²) in [5, 5.41) is 8.68. The number of benzene rings is 1. The highest BCUT2D eigenvalue weighted by Gasteiger charge is 2.02. The van der Waals surface area contributed by atoms with Crippen molar-refractivity contribution >= 4 is 17.3 Å². The molecule has 1 nitrogen and oxygen atoms in total. The van der Waals surface area contributed by atoms with Crippen LogP contribution in [0.2, 0.25) is 5.02 Å². The molecule has 2 heteroatoms. The molecule has 106 valence electrons. The Morgan fingerprint density at radius 1 is 1.32 bits per heavy atom. The Morgan fingerprint density at radius 2 is 1.95 bits per heavy atom. The maximum absolute atomic E-state index is 7.88. The van der Waals surface area contributed by atoms with Gasteiger partial charge < -0.3 is 5.41 Å². The second-order valence-electron chi connectivity index (χ2n) is 4.46. The second-order valence-corrected chi connectivity index (χ2v) is 4.87. The van der Waals surface area contributed by atoms with E-state index in [0.717, 1.165) is 29.8 Å². The predicted molar refractivity (Wildman–Crippen MR) is 87.6 cm³/mol. The SMILES string of the molecule is CC.CC/C(C)=C/C(=N)CCc1cc(C)ccc1Cl. The molecule has 0 amide bonds. The number of hydrogen-bond acceptors (Lipinski definition) is 1. The van der Waals surface area contributed by atoms with Gasteiger partial charge in [0.2, 0.25) is 0 Å². The van der Waals surface area contributed by atoms with Gasteiger partial charge in [-0.2, -0.15) is 0 Å². The summed E-state index contributed by atoms with van der Waals surface area (Å²) in [7, 11) is 0. The molecule has 1 N–H and O–H groups in total. The van der Waals surface area contributed by atoms with Crippen molar-refractivity contribution in [3.8, 4) is 0 Å². The fraction of sp³-hybridized carbons (Fsp3) is 0.471. The lowest BCUT2D eigenvalue weighted by Crippen LogP contribution is -1.97. The van der Waals surface area contributed by atoms with E-state index in [-0.39, 0.29) is 0 Å². The molecular formula is C17H26ClN. The molecular weight excluding hydrogens is 254 g/mol. The smallest absolute Gasteiger partial charge is 0.0438 e. The third-order valence-electron chi connectivity index (χ3n) is 2.84. The first-order valence-corrected chi connectivity index (χ1v) is 7.40. The molecule has 1 aromatic carbocycles. The van der Waals surface area contributed by atoms with Gasteiger partial charge in [0.15, 0.2) is 0 Å². The summed E-state index contributed by atoms with van der Waals surface area (Å²) < 4.78 is 0. The van der Waals surface area contributed by atoms with Gasteiger partial charge >= 0.3 is 0 Å². The van der Waals surface area contributed by atoms with E-state index in [1.165, 1.54) is 11.1 Å². The molecule has 0 radical (unpaired) electrons. The third-order valence-corrected chi connectivity index (χ3v) is 3.21. The van der Waals surface area contributed by atoms with Crippen LogP contribution in [0, 0.1) is 12.3 Å². The van der Waals surface area contributed by atoms with Crippen molar-refractivity contribution in [1.29, 1.82) is 5.41 Å². The molecule has 1 aromatic rings. The second kappa shape index (κ2) is 9.80. The molecule has 0 unspecified atom stereocenters. The number of hydrogen-bond donors (Lipinski definition) is 1. The Hall–Kier alpha value is -1.08. The van der Waals surface area contributed by atoms with Gasteiger partial charge in [-0.15, -0.1) is 0 Å². The van der Waals surface area contributed by atoms with Crippen LogP contribution >= 0.6 is 11.6 Å². The topological polar surface area (TPSA) is 23.9 Å². The Labute approximate surface area is 123 Å². The average molecular weight is 280 g/mol. The lowest BCUT2D eigenvalue weighted by Gasteiger charge is -2.05. The molecule has 0 saturated carbocycles. The van der Waals surface area contributed by atoms with E-state index in [0.29, 0.717) is 5.71 Å². The molecule has 0 fully saturated rings. The first-order valence-electron chi connectivity index (χ1n) is 7.02. The number of rotatable bonds is 5. The predicted octanol–water partition coefficient (Wildman–Crippen LogP) is 5.98. The molecule has 0 bridgehead atoms. The van der Waals surface area contributed by atoms with Gasteiger partial charge in [-0.3, -0.25) is 0 Å². The summed E-state index contributed by atoms with van der Waals surface area (Å²) in [6.07, 6.45) is 4.56. The first-order chi connectivity index (χ1) is 9.02. The largest absolute Gasteiger partial charge is 0.305 e. The molecule has 0 saturated heterocycles. The van der Waals surface area contributed by atoms with E-state index < -0.39 is 0 Å². The van der Waals surface area contributed by atoms with Crippen molar-refractivity contribution in [2.24, 2.45) is 0 Å². The molecule has 0 aliphatic rings. The van der Waals surface area contributed by atoms with Crippen LogP contribution in [0.25, 0.3) is 0 Å². The van der Waals surface area contributed by atoms with Crippen molar-refractivity contribution in [3.63, 3.8) is 0 Å². The summed E-state index contributed by atoms with van der Waals surface area (Å²) in [6.45, 7) is 10.2. The summed E-state index contributed by atoms with van der Waals surface area (Å²) in [6, 6.07) is 6.05. The minimum atomic E-state index is 0.682. The number of allylic oxidation sites excluding steroid dienone is 2. The van der Waals surface area contributed by atoms with Gasteiger partial charge in [0.25, 0.3) is 0 Å². The monoisotopic (exact) mass is 279 g/mol. The van der Waals surface area contributed by atoms with Gasteiger partial charge in [-0.1, -0.05) is 55.6 Å². The van der Waals surface area contributed by atoms with E-state index in [1.54, 1.807) is 0 Å². The Morgan fingerprint density at radius 3 is 2.53 bits per heavy atom. The van der Waals surface area contributed by atoms with Gasteiger partial charge in [0.05, 0.1) is 0 Å². The van der Waals surface area contributed by atoms with Crippen molar-refractivity contribution in [2.45, 2.75) is 53.9 Å². The maximum Gasteiger partial charge on any atom is 0.0438 e. The standard InChI is InChI=1S/C15H20ClN.C2H6/c1-4-11(2)10-14(17)7-6-13-9-12(3)5-8-15(13)16;1-2/h5,8-10,17H,4,6-7H2,1-3H3;1-2H3/b11-10+,17-14?;. The summed E-state index contributed by atoms with van der Waals surface area (Å²) in [5.41, 5.74) is 4.29. The third kappa shape index (κ3) is 7.17. The summed E-state index contributed by atoms with van der Waals surface area (Å²) in [5.74, 6) is 0. The Kier molecular flexibility index (Phi) is 9.24. The van der Waals surface area contributed by atoms with Crippen LogP contribution in [0.1, 0.15) is 51.7 Å². The fourth-order valence-electron chi connectivity index (χ4n) is 1.64. The van der Waals surface area contributed by atoms with Crippen molar-refractivity contribution < 1.29 is 0 Å². The minimum Gasteiger partial charge on any atom is -0.305 e. The normalized spacial score (nSPS) is 10.7. The zero-order valence-corrected chi connectivity index (χ0v) is 13.6. The molecule has 0 aliphatic heterocycles. The molecule has 0 heterocycles. The molecule has 0 aromatic heterocycles. The maximum atomic E-state index is 7.88.